The first-order chi connectivity index (χ1) is 10.7. The Kier molecular flexibility index (Phi) is 4.20. The van der Waals surface area contributed by atoms with E-state index >= 15 is 0 Å². The molecule has 2 aromatic rings. The molecule has 0 radical (unpaired) electrons. The van der Waals surface area contributed by atoms with Crippen LogP contribution in [0.3, 0.4) is 0 Å². The van der Waals surface area contributed by atoms with Crippen LogP contribution >= 0.6 is 0 Å². The van der Waals surface area contributed by atoms with Crippen LogP contribution < -0.4 is 5.32 Å². The first-order valence-corrected chi connectivity index (χ1v) is 7.55. The first kappa shape index (κ1) is 14.7. The van der Waals surface area contributed by atoms with Gasteiger partial charge < -0.3 is 10.1 Å². The summed E-state index contributed by atoms with van der Waals surface area (Å²) < 4.78 is 7.61. The molecule has 1 saturated heterocycles. The molecule has 1 aliphatic rings. The van der Waals surface area contributed by atoms with Crippen molar-refractivity contribution in [2.45, 2.75) is 32.9 Å². The van der Waals surface area contributed by atoms with Crippen molar-refractivity contribution in [2.75, 3.05) is 11.9 Å². The van der Waals surface area contributed by atoms with E-state index in [1.807, 2.05) is 30.8 Å². The van der Waals surface area contributed by atoms with E-state index in [-0.39, 0.29) is 17.9 Å². The van der Waals surface area contributed by atoms with Crippen molar-refractivity contribution in [3.8, 4) is 0 Å². The predicted octanol–water partition coefficient (Wildman–Crippen LogP) is 2.32. The fourth-order valence-corrected chi connectivity index (χ4v) is 2.74. The van der Waals surface area contributed by atoms with Gasteiger partial charge in [0.05, 0.1) is 18.2 Å². The first-order valence-electron chi connectivity index (χ1n) is 7.55. The molecule has 6 nitrogen and oxygen atoms in total. The summed E-state index contributed by atoms with van der Waals surface area (Å²) in [5.41, 5.74) is 2.61. The highest BCUT2D eigenvalue weighted by molar-refractivity contribution is 5.93. The van der Waals surface area contributed by atoms with Crippen LogP contribution in [-0.4, -0.2) is 27.3 Å². The number of hydrogen-bond donors (Lipinski definition) is 1. The molecular formula is C16H20N4O2. The quantitative estimate of drug-likeness (QED) is 0.941. The topological polar surface area (TPSA) is 69.0 Å². The van der Waals surface area contributed by atoms with E-state index in [1.54, 1.807) is 18.5 Å². The van der Waals surface area contributed by atoms with Crippen molar-refractivity contribution in [2.24, 2.45) is 5.92 Å². The second kappa shape index (κ2) is 6.27. The van der Waals surface area contributed by atoms with Gasteiger partial charge in [0.2, 0.25) is 5.91 Å². The summed E-state index contributed by atoms with van der Waals surface area (Å²) in [4.78, 5) is 16.7. The monoisotopic (exact) mass is 300 g/mol. The Labute approximate surface area is 129 Å². The Hall–Kier alpha value is -2.21. The van der Waals surface area contributed by atoms with E-state index in [1.165, 1.54) is 0 Å². The van der Waals surface area contributed by atoms with Crippen LogP contribution in [0.15, 0.2) is 30.7 Å². The maximum absolute atomic E-state index is 12.5. The van der Waals surface area contributed by atoms with Gasteiger partial charge in [0.15, 0.2) is 0 Å². The molecule has 0 saturated carbocycles. The lowest BCUT2D eigenvalue weighted by Gasteiger charge is -2.17. The molecule has 1 amide bonds. The highest BCUT2D eigenvalue weighted by Crippen LogP contribution is 2.35. The van der Waals surface area contributed by atoms with Gasteiger partial charge in [0.25, 0.3) is 0 Å². The molecular weight excluding hydrogens is 280 g/mol. The molecule has 0 aliphatic carbocycles. The van der Waals surface area contributed by atoms with Gasteiger partial charge >= 0.3 is 0 Å². The Morgan fingerprint density at radius 2 is 2.41 bits per heavy atom. The molecule has 3 rings (SSSR count). The molecule has 116 valence electrons. The summed E-state index contributed by atoms with van der Waals surface area (Å²) in [6.07, 6.45) is 5.93. The molecule has 1 aliphatic heterocycles. The summed E-state index contributed by atoms with van der Waals surface area (Å²) in [5.74, 6) is -0.208. The van der Waals surface area contributed by atoms with Gasteiger partial charge in [-0.05, 0) is 32.4 Å². The third-order valence-corrected chi connectivity index (χ3v) is 3.90. The van der Waals surface area contributed by atoms with Gasteiger partial charge in [0.1, 0.15) is 0 Å². The molecule has 1 fully saturated rings. The lowest BCUT2D eigenvalue weighted by Crippen LogP contribution is -2.25. The summed E-state index contributed by atoms with van der Waals surface area (Å²) in [7, 11) is 0. The molecule has 6 heteroatoms. The van der Waals surface area contributed by atoms with Crippen molar-refractivity contribution < 1.29 is 9.53 Å². The van der Waals surface area contributed by atoms with E-state index in [9.17, 15) is 4.79 Å². The zero-order valence-electron chi connectivity index (χ0n) is 12.8. The minimum absolute atomic E-state index is 0.0163. The van der Waals surface area contributed by atoms with Gasteiger partial charge in [-0.2, -0.15) is 5.10 Å². The van der Waals surface area contributed by atoms with Crippen LogP contribution in [-0.2, 0) is 16.1 Å². The highest BCUT2D eigenvalue weighted by Gasteiger charge is 2.36. The van der Waals surface area contributed by atoms with Gasteiger partial charge in [-0.3, -0.25) is 14.5 Å². The Morgan fingerprint density at radius 3 is 3.14 bits per heavy atom. The summed E-state index contributed by atoms with van der Waals surface area (Å²) >= 11 is 0. The molecule has 22 heavy (non-hydrogen) atoms. The molecule has 2 aromatic heterocycles. The smallest absolute Gasteiger partial charge is 0.230 e. The maximum Gasteiger partial charge on any atom is 0.230 e. The SMILES string of the molecule is CCn1cc([C@H]2OCC[C@@H]2C(=O)Nc2ccnc(C)c2)cn1. The van der Waals surface area contributed by atoms with Crippen LogP contribution in [0.25, 0.3) is 0 Å². The molecule has 0 aromatic carbocycles. The number of aryl methyl sites for hydroxylation is 2. The second-order valence-corrected chi connectivity index (χ2v) is 5.49. The fraction of sp³-hybridized carbons (Fsp3) is 0.438. The van der Waals surface area contributed by atoms with Gasteiger partial charge in [0, 0.05) is 42.5 Å². The van der Waals surface area contributed by atoms with Crippen LogP contribution in [0.1, 0.15) is 30.7 Å². The fourth-order valence-electron chi connectivity index (χ4n) is 2.74. The number of pyridine rings is 1. The molecule has 0 unspecified atom stereocenters. The second-order valence-electron chi connectivity index (χ2n) is 5.49. The van der Waals surface area contributed by atoms with Crippen molar-refractivity contribution >= 4 is 11.6 Å². The van der Waals surface area contributed by atoms with Crippen molar-refractivity contribution in [1.82, 2.24) is 14.8 Å². The largest absolute Gasteiger partial charge is 0.373 e. The standard InChI is InChI=1S/C16H20N4O2/c1-3-20-10-12(9-18-20)15-14(5-7-22-15)16(21)19-13-4-6-17-11(2)8-13/h4,6,8-10,14-15H,3,5,7H2,1-2H3,(H,17,19,21)/t14-,15+/m0/s1. The number of carbonyl (C=O) groups excluding carboxylic acids is 1. The summed E-state index contributed by atoms with van der Waals surface area (Å²) in [6, 6.07) is 3.66. The number of anilines is 1. The minimum atomic E-state index is -0.219. The normalized spacial score (nSPS) is 21.0. The number of rotatable bonds is 4. The molecule has 2 atom stereocenters. The van der Waals surface area contributed by atoms with Gasteiger partial charge in [-0.25, -0.2) is 0 Å². The van der Waals surface area contributed by atoms with E-state index in [0.717, 1.165) is 29.9 Å². The highest BCUT2D eigenvalue weighted by atomic mass is 16.5. The number of carbonyl (C=O) groups is 1. The van der Waals surface area contributed by atoms with E-state index in [0.29, 0.717) is 6.61 Å². The average molecular weight is 300 g/mol. The van der Waals surface area contributed by atoms with Crippen LogP contribution in [0, 0.1) is 12.8 Å². The van der Waals surface area contributed by atoms with Crippen LogP contribution in [0.5, 0.6) is 0 Å². The van der Waals surface area contributed by atoms with E-state index < -0.39 is 0 Å². The van der Waals surface area contributed by atoms with Gasteiger partial charge in [-0.1, -0.05) is 0 Å². The molecule has 0 bridgehead atoms. The van der Waals surface area contributed by atoms with Gasteiger partial charge in [-0.15, -0.1) is 0 Å². The number of nitrogens with zero attached hydrogens (tertiary/aromatic N) is 3. The number of hydrogen-bond acceptors (Lipinski definition) is 4. The zero-order valence-corrected chi connectivity index (χ0v) is 12.8. The van der Waals surface area contributed by atoms with Crippen LogP contribution in [0.2, 0.25) is 0 Å². The third-order valence-electron chi connectivity index (χ3n) is 3.90. The lowest BCUT2D eigenvalue weighted by molar-refractivity contribution is -0.121. The van der Waals surface area contributed by atoms with Crippen molar-refractivity contribution in [1.29, 1.82) is 0 Å². The Bertz CT molecular complexity index is 668. The van der Waals surface area contributed by atoms with Crippen molar-refractivity contribution in [3.63, 3.8) is 0 Å². The molecule has 1 N–H and O–H groups in total. The maximum atomic E-state index is 12.5. The van der Waals surface area contributed by atoms with Crippen LogP contribution in [0.4, 0.5) is 5.69 Å². The minimum Gasteiger partial charge on any atom is -0.373 e. The third kappa shape index (κ3) is 3.01. The Balaban J connectivity index is 1.73. The number of amides is 1. The van der Waals surface area contributed by atoms with E-state index in [2.05, 4.69) is 15.4 Å². The predicted molar refractivity (Wildman–Crippen MR) is 82.3 cm³/mol. The zero-order chi connectivity index (χ0) is 15.5. The number of nitrogens with one attached hydrogen (secondary N) is 1. The molecule has 0 spiro atoms. The Morgan fingerprint density at radius 1 is 1.55 bits per heavy atom. The number of aromatic nitrogens is 3. The molecule has 3 heterocycles. The number of ether oxygens (including phenoxy) is 1. The van der Waals surface area contributed by atoms with E-state index in [4.69, 9.17) is 4.74 Å². The lowest BCUT2D eigenvalue weighted by atomic mass is 9.96. The van der Waals surface area contributed by atoms with Crippen molar-refractivity contribution in [3.05, 3.63) is 42.0 Å². The summed E-state index contributed by atoms with van der Waals surface area (Å²) in [5, 5.41) is 7.22. The summed E-state index contributed by atoms with van der Waals surface area (Å²) in [6.45, 7) is 5.33. The average Bonchev–Trinajstić information content (AvgIpc) is 3.16.